The number of carbonyl (C=O) groups is 2. The summed E-state index contributed by atoms with van der Waals surface area (Å²) in [6.07, 6.45) is 0. The number of nitrogens with zero attached hydrogens (tertiary/aromatic N) is 2. The van der Waals surface area contributed by atoms with Crippen LogP contribution in [-0.4, -0.2) is 21.2 Å². The number of thiazole rings is 1. The summed E-state index contributed by atoms with van der Waals surface area (Å²) in [5.41, 5.74) is 0.761. The second kappa shape index (κ2) is 8.55. The van der Waals surface area contributed by atoms with Crippen LogP contribution in [0.1, 0.15) is 25.9 Å². The molecule has 7 nitrogen and oxygen atoms in total. The SMILES string of the molecule is Cc1cc(=O)n2c(C(=O)Nc3ccc(I)cc3)c(C(=O)Nc3ccc(F)cc3)sc2n1. The van der Waals surface area contributed by atoms with Crippen LogP contribution in [0.5, 0.6) is 0 Å². The number of rotatable bonds is 4. The molecule has 4 rings (SSSR count). The fourth-order valence-electron chi connectivity index (χ4n) is 2.89. The molecular weight excluding hydrogens is 534 g/mol. The first-order valence-corrected chi connectivity index (χ1v) is 10.9. The summed E-state index contributed by atoms with van der Waals surface area (Å²) in [6.45, 7) is 1.66. The second-order valence-corrected chi connectivity index (χ2v) is 8.78. The van der Waals surface area contributed by atoms with Crippen molar-refractivity contribution in [3.05, 3.63) is 90.6 Å². The number of halogens is 2. The van der Waals surface area contributed by atoms with Gasteiger partial charge in [-0.05, 0) is 78.0 Å². The molecule has 0 radical (unpaired) electrons. The van der Waals surface area contributed by atoms with E-state index in [4.69, 9.17) is 0 Å². The first-order chi connectivity index (χ1) is 14.8. The van der Waals surface area contributed by atoms with Crippen LogP contribution in [-0.2, 0) is 0 Å². The van der Waals surface area contributed by atoms with Gasteiger partial charge < -0.3 is 10.6 Å². The summed E-state index contributed by atoms with van der Waals surface area (Å²) < 4.78 is 15.3. The Labute approximate surface area is 193 Å². The molecular formula is C21H14FIN4O3S. The highest BCUT2D eigenvalue weighted by molar-refractivity contribution is 14.1. The monoisotopic (exact) mass is 548 g/mol. The zero-order valence-corrected chi connectivity index (χ0v) is 19.0. The Morgan fingerprint density at radius 2 is 1.58 bits per heavy atom. The van der Waals surface area contributed by atoms with E-state index in [-0.39, 0.29) is 15.5 Å². The van der Waals surface area contributed by atoms with E-state index in [9.17, 15) is 18.8 Å². The number of carbonyl (C=O) groups excluding carboxylic acids is 2. The molecule has 2 aromatic heterocycles. The Kier molecular flexibility index (Phi) is 5.83. The molecule has 0 bridgehead atoms. The van der Waals surface area contributed by atoms with Crippen LogP contribution in [0.25, 0.3) is 4.96 Å². The number of anilines is 2. The molecule has 31 heavy (non-hydrogen) atoms. The molecule has 4 aromatic rings. The lowest BCUT2D eigenvalue weighted by Gasteiger charge is -2.08. The van der Waals surface area contributed by atoms with Gasteiger partial charge >= 0.3 is 0 Å². The van der Waals surface area contributed by atoms with Crippen molar-refractivity contribution in [1.82, 2.24) is 9.38 Å². The highest BCUT2D eigenvalue weighted by atomic mass is 127. The zero-order valence-electron chi connectivity index (χ0n) is 16.0. The van der Waals surface area contributed by atoms with E-state index >= 15 is 0 Å². The highest BCUT2D eigenvalue weighted by Crippen LogP contribution is 2.24. The lowest BCUT2D eigenvalue weighted by Crippen LogP contribution is -2.25. The molecule has 0 atom stereocenters. The number of aromatic nitrogens is 2. The van der Waals surface area contributed by atoms with Crippen molar-refractivity contribution in [3.8, 4) is 0 Å². The molecule has 10 heteroatoms. The van der Waals surface area contributed by atoms with Gasteiger partial charge in [-0.1, -0.05) is 11.3 Å². The first kappa shape index (κ1) is 21.1. The summed E-state index contributed by atoms with van der Waals surface area (Å²) in [5.74, 6) is -1.67. The summed E-state index contributed by atoms with van der Waals surface area (Å²) in [6, 6.07) is 13.6. The standard InChI is InChI=1S/C21H14FIN4O3S/c1-11-10-16(28)27-17(19(29)25-15-8-4-13(23)5-9-15)18(31-21(27)24-11)20(30)26-14-6-2-12(22)3-7-14/h2-10H,1H3,(H,25,29)(H,26,30). The predicted molar refractivity (Wildman–Crippen MR) is 126 cm³/mol. The fourth-order valence-corrected chi connectivity index (χ4v) is 4.32. The third-order valence-corrected chi connectivity index (χ3v) is 6.03. The summed E-state index contributed by atoms with van der Waals surface area (Å²) in [7, 11) is 0. The van der Waals surface area contributed by atoms with Crippen molar-refractivity contribution in [2.75, 3.05) is 10.6 Å². The number of aryl methyl sites for hydroxylation is 1. The molecule has 0 aliphatic rings. The molecule has 2 amide bonds. The Morgan fingerprint density at radius 3 is 2.23 bits per heavy atom. The van der Waals surface area contributed by atoms with Crippen LogP contribution < -0.4 is 16.2 Å². The van der Waals surface area contributed by atoms with Gasteiger partial charge in [0, 0.05) is 26.7 Å². The third kappa shape index (κ3) is 4.49. The van der Waals surface area contributed by atoms with Gasteiger partial charge in [-0.2, -0.15) is 0 Å². The molecule has 0 spiro atoms. The van der Waals surface area contributed by atoms with E-state index < -0.39 is 23.2 Å². The van der Waals surface area contributed by atoms with E-state index in [1.807, 2.05) is 12.1 Å². The number of hydrogen-bond acceptors (Lipinski definition) is 5. The van der Waals surface area contributed by atoms with Crippen LogP contribution in [0.2, 0.25) is 0 Å². The topological polar surface area (TPSA) is 92.6 Å². The maximum atomic E-state index is 13.2. The molecule has 2 heterocycles. The predicted octanol–water partition coefficient (Wildman–Crippen LogP) is 4.31. The fraction of sp³-hybridized carbons (Fsp3) is 0.0476. The average Bonchev–Trinajstić information content (AvgIpc) is 3.11. The van der Waals surface area contributed by atoms with Gasteiger partial charge in [-0.15, -0.1) is 0 Å². The van der Waals surface area contributed by atoms with Crippen molar-refractivity contribution in [3.63, 3.8) is 0 Å². The normalized spacial score (nSPS) is 10.8. The number of benzene rings is 2. The number of nitrogens with one attached hydrogen (secondary N) is 2. The van der Waals surface area contributed by atoms with Crippen LogP contribution in [0, 0.1) is 16.3 Å². The van der Waals surface area contributed by atoms with E-state index in [1.165, 1.54) is 30.3 Å². The minimum absolute atomic E-state index is 0.0162. The smallest absolute Gasteiger partial charge is 0.274 e. The molecule has 2 aromatic carbocycles. The van der Waals surface area contributed by atoms with E-state index in [2.05, 4.69) is 38.2 Å². The van der Waals surface area contributed by atoms with Crippen molar-refractivity contribution in [2.45, 2.75) is 6.92 Å². The summed E-state index contributed by atoms with van der Waals surface area (Å²) in [5, 5.41) is 5.35. The zero-order chi connectivity index (χ0) is 22.1. The van der Waals surface area contributed by atoms with Crippen LogP contribution in [0.15, 0.2) is 59.4 Å². The maximum Gasteiger partial charge on any atom is 0.274 e. The minimum Gasteiger partial charge on any atom is -0.321 e. The number of fused-ring (bicyclic) bond motifs is 1. The van der Waals surface area contributed by atoms with Gasteiger partial charge in [0.05, 0.1) is 0 Å². The molecule has 156 valence electrons. The third-order valence-electron chi connectivity index (χ3n) is 4.27. The van der Waals surface area contributed by atoms with Gasteiger partial charge in [0.1, 0.15) is 16.4 Å². The van der Waals surface area contributed by atoms with Gasteiger partial charge in [-0.25, -0.2) is 13.8 Å². The number of amides is 2. The van der Waals surface area contributed by atoms with E-state index in [0.29, 0.717) is 17.1 Å². The molecule has 0 saturated carbocycles. The first-order valence-electron chi connectivity index (χ1n) is 8.99. The van der Waals surface area contributed by atoms with Gasteiger partial charge in [0.2, 0.25) is 0 Å². The van der Waals surface area contributed by atoms with E-state index in [0.717, 1.165) is 19.3 Å². The summed E-state index contributed by atoms with van der Waals surface area (Å²) >= 11 is 3.07. The lowest BCUT2D eigenvalue weighted by atomic mass is 10.2. The van der Waals surface area contributed by atoms with Crippen molar-refractivity contribution in [1.29, 1.82) is 0 Å². The molecule has 0 saturated heterocycles. The van der Waals surface area contributed by atoms with E-state index in [1.54, 1.807) is 19.1 Å². The average molecular weight is 548 g/mol. The Hall–Kier alpha value is -3.12. The van der Waals surface area contributed by atoms with Gasteiger partial charge in [0.15, 0.2) is 4.96 Å². The Balaban J connectivity index is 1.78. The van der Waals surface area contributed by atoms with Crippen molar-refractivity contribution in [2.24, 2.45) is 0 Å². The quantitative estimate of drug-likeness (QED) is 0.372. The van der Waals surface area contributed by atoms with Gasteiger partial charge in [-0.3, -0.25) is 14.4 Å². The van der Waals surface area contributed by atoms with Crippen LogP contribution >= 0.6 is 33.9 Å². The Morgan fingerprint density at radius 1 is 1.00 bits per heavy atom. The molecule has 2 N–H and O–H groups in total. The molecule has 0 unspecified atom stereocenters. The van der Waals surface area contributed by atoms with Crippen molar-refractivity contribution < 1.29 is 14.0 Å². The van der Waals surface area contributed by atoms with Crippen molar-refractivity contribution >= 4 is 62.1 Å². The molecule has 0 aliphatic heterocycles. The van der Waals surface area contributed by atoms with Crippen LogP contribution in [0.3, 0.4) is 0 Å². The molecule has 0 fully saturated rings. The number of hydrogen-bond donors (Lipinski definition) is 2. The summed E-state index contributed by atoms with van der Waals surface area (Å²) in [4.78, 5) is 43.2. The second-order valence-electron chi connectivity index (χ2n) is 6.56. The largest absolute Gasteiger partial charge is 0.321 e. The van der Waals surface area contributed by atoms with Gasteiger partial charge in [0.25, 0.3) is 17.4 Å². The highest BCUT2D eigenvalue weighted by Gasteiger charge is 2.26. The Bertz CT molecular complexity index is 1360. The molecule has 0 aliphatic carbocycles. The van der Waals surface area contributed by atoms with Crippen LogP contribution in [0.4, 0.5) is 15.8 Å². The maximum absolute atomic E-state index is 13.2. The lowest BCUT2D eigenvalue weighted by molar-refractivity contribution is 0.0989. The minimum atomic E-state index is -0.621.